The average Bonchev–Trinajstić information content (AvgIpc) is 2.94. The minimum atomic E-state index is -1.17. The fourth-order valence-corrected chi connectivity index (χ4v) is 4.70. The number of carbonyl (C=O) groups is 1. The van der Waals surface area contributed by atoms with E-state index in [1.54, 1.807) is 20.2 Å². The summed E-state index contributed by atoms with van der Waals surface area (Å²) in [6.07, 6.45) is 4.37. The number of carbonyl (C=O) groups excluding carboxylic acids is 1. The van der Waals surface area contributed by atoms with E-state index in [1.165, 1.54) is 37.4 Å². The molecule has 2 rings (SSSR count). The molecule has 172 valence electrons. The predicted molar refractivity (Wildman–Crippen MR) is 118 cm³/mol. The number of rotatable bonds is 6. The Morgan fingerprint density at radius 3 is 2.48 bits per heavy atom. The highest BCUT2D eigenvalue weighted by Crippen LogP contribution is 2.29. The summed E-state index contributed by atoms with van der Waals surface area (Å²) in [5.74, 6) is 0.962. The van der Waals surface area contributed by atoms with Crippen LogP contribution in [0, 0.1) is 5.92 Å². The molecule has 7 nitrogen and oxygen atoms in total. The van der Waals surface area contributed by atoms with E-state index < -0.39 is 29.9 Å². The molecule has 0 aromatic carbocycles. The second-order valence-electron chi connectivity index (χ2n) is 7.91. The first-order valence-electron chi connectivity index (χ1n) is 10.6. The summed E-state index contributed by atoms with van der Waals surface area (Å²) in [6, 6.07) is 0.0434. The molecule has 5 N–H and O–H groups in total. The number of hydrogen-bond acceptors (Lipinski definition) is 7. The first-order valence-corrected chi connectivity index (χ1v) is 12.3. The monoisotopic (exact) mass is 454 g/mol. The van der Waals surface area contributed by atoms with E-state index in [0.717, 1.165) is 18.9 Å². The van der Waals surface area contributed by atoms with Crippen LogP contribution in [0.2, 0.25) is 0 Å². The van der Waals surface area contributed by atoms with E-state index in [0.29, 0.717) is 6.42 Å². The summed E-state index contributed by atoms with van der Waals surface area (Å²) in [5, 5.41) is 34.7. The third-order valence-corrected chi connectivity index (χ3v) is 6.56. The fraction of sp³-hybridized carbons (Fsp3) is 0.950. The Bertz CT molecular complexity index is 472. The lowest BCUT2D eigenvalue weighted by Crippen LogP contribution is -2.56. The topological polar surface area (TPSA) is 111 Å². The Kier molecular flexibility index (Phi) is 13.1. The third kappa shape index (κ3) is 8.89. The number of hydrogen-bond donors (Lipinski definition) is 5. The van der Waals surface area contributed by atoms with Crippen LogP contribution in [0.15, 0.2) is 0 Å². The van der Waals surface area contributed by atoms with Crippen LogP contribution in [-0.2, 0) is 9.53 Å². The highest BCUT2D eigenvalue weighted by molar-refractivity contribution is 7.99. The molecule has 8 atom stereocenters. The van der Waals surface area contributed by atoms with Gasteiger partial charge in [0, 0.05) is 12.4 Å². The van der Waals surface area contributed by atoms with Crippen molar-refractivity contribution in [1.29, 1.82) is 0 Å². The van der Waals surface area contributed by atoms with Crippen molar-refractivity contribution in [3.05, 3.63) is 0 Å². The minimum absolute atomic E-state index is 0.0434. The quantitative estimate of drug-likeness (QED) is 0.386. The Labute approximate surface area is 184 Å². The van der Waals surface area contributed by atoms with Gasteiger partial charge < -0.3 is 30.7 Å². The summed E-state index contributed by atoms with van der Waals surface area (Å²) in [6.45, 7) is 5.01. The van der Waals surface area contributed by atoms with Gasteiger partial charge in [-0.1, -0.05) is 19.8 Å². The van der Waals surface area contributed by atoms with Crippen molar-refractivity contribution in [1.82, 2.24) is 10.6 Å². The fourth-order valence-electron chi connectivity index (χ4n) is 3.83. The molecule has 2 saturated heterocycles. The van der Waals surface area contributed by atoms with Gasteiger partial charge in [0.2, 0.25) is 5.91 Å². The minimum Gasteiger partial charge on any atom is -0.388 e. The molecular formula is C20H39ClN2O5S. The van der Waals surface area contributed by atoms with E-state index in [9.17, 15) is 20.1 Å². The third-order valence-electron chi connectivity index (χ3n) is 5.52. The molecule has 2 aliphatic heterocycles. The molecule has 2 aliphatic rings. The van der Waals surface area contributed by atoms with Gasteiger partial charge in [0.1, 0.15) is 23.7 Å². The largest absolute Gasteiger partial charge is 0.388 e. The lowest BCUT2D eigenvalue weighted by atomic mass is 9.94. The second kappa shape index (κ2) is 14.1. The molecule has 1 amide bonds. The van der Waals surface area contributed by atoms with Crippen molar-refractivity contribution < 1.29 is 24.9 Å². The smallest absolute Gasteiger partial charge is 0.236 e. The van der Waals surface area contributed by atoms with E-state index in [2.05, 4.69) is 17.6 Å². The van der Waals surface area contributed by atoms with Gasteiger partial charge in [-0.2, -0.15) is 0 Å². The molecule has 0 spiro atoms. The number of ether oxygens (including phenoxy) is 1. The highest BCUT2D eigenvalue weighted by Gasteiger charge is 2.43. The lowest BCUT2D eigenvalue weighted by Gasteiger charge is -2.40. The van der Waals surface area contributed by atoms with Gasteiger partial charge in [-0.15, -0.1) is 23.4 Å². The zero-order valence-electron chi connectivity index (χ0n) is 18.0. The zero-order valence-corrected chi connectivity index (χ0v) is 19.6. The molecule has 0 radical (unpaired) electrons. The van der Waals surface area contributed by atoms with E-state index >= 15 is 0 Å². The van der Waals surface area contributed by atoms with Crippen LogP contribution >= 0.6 is 23.4 Å². The number of likely N-dealkylation sites (N-methyl/N-ethyl adjacent to an activating group) is 1. The van der Waals surface area contributed by atoms with Gasteiger partial charge in [0.05, 0.1) is 12.1 Å². The number of nitrogens with one attached hydrogen (secondary N) is 2. The summed E-state index contributed by atoms with van der Waals surface area (Å²) < 4.78 is 5.46. The van der Waals surface area contributed by atoms with Gasteiger partial charge in [0.15, 0.2) is 0 Å². The molecule has 0 saturated carbocycles. The number of aliphatic hydroxyl groups is 3. The van der Waals surface area contributed by atoms with Crippen LogP contribution in [0.25, 0.3) is 0 Å². The van der Waals surface area contributed by atoms with Gasteiger partial charge >= 0.3 is 0 Å². The molecule has 1 unspecified atom stereocenters. The molecule has 29 heavy (non-hydrogen) atoms. The van der Waals surface area contributed by atoms with E-state index in [1.807, 2.05) is 0 Å². The van der Waals surface area contributed by atoms with E-state index in [-0.39, 0.29) is 17.3 Å². The van der Waals surface area contributed by atoms with Crippen molar-refractivity contribution in [2.24, 2.45) is 5.92 Å². The Morgan fingerprint density at radius 2 is 1.93 bits per heavy atom. The zero-order chi connectivity index (χ0) is 22.0. The maximum Gasteiger partial charge on any atom is 0.236 e. The van der Waals surface area contributed by atoms with Crippen LogP contribution in [0.1, 0.15) is 52.4 Å². The van der Waals surface area contributed by atoms with Crippen LogP contribution in [-0.4, -0.2) is 82.3 Å². The van der Waals surface area contributed by atoms with Crippen molar-refractivity contribution >= 4 is 29.3 Å². The van der Waals surface area contributed by atoms with Crippen molar-refractivity contribution in [3.63, 3.8) is 0 Å². The summed E-state index contributed by atoms with van der Waals surface area (Å²) in [5.41, 5.74) is -0.510. The lowest BCUT2D eigenvalue weighted by molar-refractivity contribution is -0.198. The van der Waals surface area contributed by atoms with Crippen molar-refractivity contribution in [3.8, 4) is 0 Å². The van der Waals surface area contributed by atoms with Crippen molar-refractivity contribution in [2.45, 2.75) is 93.6 Å². The summed E-state index contributed by atoms with van der Waals surface area (Å²) in [4.78, 5) is 11.4. The molecular weight excluding hydrogens is 416 g/mol. The molecule has 0 aromatic heterocycles. The summed E-state index contributed by atoms with van der Waals surface area (Å²) in [7, 11) is 1.71. The molecule has 0 aromatic rings. The maximum atomic E-state index is 11.4. The number of alkyl halides is 1. The normalized spacial score (nSPS) is 36.3. The standard InChI is InChI=1S/C11H22N2O.C9H17ClO4S/c1-3-4-9-5-6-10(11(14)12-2)13-8-7-9;1-4(10)3-5-6(11)7(12)8(13)9(14-5)15-2/h9-10,13H,3-8H2,1-2H3,(H,12,14);4-9,11-13H,3H2,1-2H3/t9?,10-;4-,5+,6-,7-,8+,9+/m00/s1. The molecule has 0 aliphatic carbocycles. The highest BCUT2D eigenvalue weighted by atomic mass is 35.5. The Hall–Kier alpha value is -0.0900. The van der Waals surface area contributed by atoms with Crippen LogP contribution in [0.3, 0.4) is 0 Å². The van der Waals surface area contributed by atoms with Crippen LogP contribution < -0.4 is 10.6 Å². The van der Waals surface area contributed by atoms with Crippen molar-refractivity contribution in [2.75, 3.05) is 19.8 Å². The number of aliphatic hydroxyl groups excluding tert-OH is 3. The van der Waals surface area contributed by atoms with E-state index in [4.69, 9.17) is 16.3 Å². The number of amides is 1. The van der Waals surface area contributed by atoms with Gasteiger partial charge in [-0.25, -0.2) is 0 Å². The van der Waals surface area contributed by atoms with Gasteiger partial charge in [0.25, 0.3) is 0 Å². The first-order chi connectivity index (χ1) is 13.7. The average molecular weight is 455 g/mol. The molecule has 0 bridgehead atoms. The molecule has 2 fully saturated rings. The Morgan fingerprint density at radius 1 is 1.24 bits per heavy atom. The number of thioether (sulfide) groups is 1. The first kappa shape index (κ1) is 26.9. The second-order valence-corrected chi connectivity index (χ2v) is 9.59. The predicted octanol–water partition coefficient (Wildman–Crippen LogP) is 1.47. The molecule has 9 heteroatoms. The Balaban J connectivity index is 0.000000291. The van der Waals surface area contributed by atoms with Crippen LogP contribution in [0.5, 0.6) is 0 Å². The SMILES string of the molecule is CCCC1CCN[C@H](C(=O)NC)CC1.CS[C@H]1O[C@H](C[C@H](C)Cl)[C@H](O)[C@H](O)[C@H]1O. The number of halogens is 1. The molecule has 2 heterocycles. The summed E-state index contributed by atoms with van der Waals surface area (Å²) >= 11 is 7.11. The maximum absolute atomic E-state index is 11.4. The van der Waals surface area contributed by atoms with Crippen LogP contribution in [0.4, 0.5) is 0 Å². The van der Waals surface area contributed by atoms with Gasteiger partial charge in [-0.3, -0.25) is 4.79 Å². The van der Waals surface area contributed by atoms with Gasteiger partial charge in [-0.05, 0) is 51.3 Å².